The Labute approximate surface area is 196 Å². The van der Waals surface area contributed by atoms with E-state index in [-0.39, 0.29) is 12.5 Å². The van der Waals surface area contributed by atoms with Gasteiger partial charge in [-0.15, -0.1) is 0 Å². The Morgan fingerprint density at radius 3 is 2.67 bits per heavy atom. The molecule has 178 valence electrons. The maximum atomic E-state index is 13.0. The molecule has 33 heavy (non-hydrogen) atoms. The van der Waals surface area contributed by atoms with Crippen molar-refractivity contribution in [2.45, 2.75) is 84.0 Å². The number of hydrogen-bond acceptors (Lipinski definition) is 6. The van der Waals surface area contributed by atoms with Gasteiger partial charge in [-0.25, -0.2) is 0 Å². The van der Waals surface area contributed by atoms with Crippen molar-refractivity contribution in [3.05, 3.63) is 41.2 Å². The number of esters is 1. The van der Waals surface area contributed by atoms with Crippen LogP contribution >= 0.6 is 0 Å². The van der Waals surface area contributed by atoms with Crippen LogP contribution in [0.25, 0.3) is 0 Å². The van der Waals surface area contributed by atoms with E-state index in [1.165, 1.54) is 38.7 Å². The van der Waals surface area contributed by atoms with Crippen molar-refractivity contribution >= 4 is 11.9 Å². The third-order valence-corrected chi connectivity index (χ3v) is 6.11. The predicted octanol–water partition coefficient (Wildman–Crippen LogP) is 4.81. The van der Waals surface area contributed by atoms with E-state index in [4.69, 9.17) is 14.2 Å². The molecule has 0 saturated carbocycles. The summed E-state index contributed by atoms with van der Waals surface area (Å²) in [6, 6.07) is 6.65. The predicted molar refractivity (Wildman–Crippen MR) is 123 cm³/mol. The van der Waals surface area contributed by atoms with E-state index in [1.54, 1.807) is 23.1 Å². The minimum atomic E-state index is -0.875. The summed E-state index contributed by atoms with van der Waals surface area (Å²) in [7, 11) is 0. The Morgan fingerprint density at radius 2 is 1.97 bits per heavy atom. The van der Waals surface area contributed by atoms with Crippen molar-refractivity contribution < 1.29 is 23.8 Å². The molecule has 2 aliphatic heterocycles. The van der Waals surface area contributed by atoms with Gasteiger partial charge in [0.1, 0.15) is 23.2 Å². The maximum absolute atomic E-state index is 13.0. The maximum Gasteiger partial charge on any atom is 0.303 e. The highest BCUT2D eigenvalue weighted by atomic mass is 16.6. The van der Waals surface area contributed by atoms with Gasteiger partial charge in [-0.1, -0.05) is 39.0 Å². The molecule has 2 atom stereocenters. The molecule has 7 heteroatoms. The monoisotopic (exact) mass is 454 g/mol. The molecule has 0 bridgehead atoms. The fraction of sp³-hybridized carbons (Fsp3) is 0.577. The molecule has 2 heterocycles. The Kier molecular flexibility index (Phi) is 8.01. The zero-order valence-corrected chi connectivity index (χ0v) is 20.1. The summed E-state index contributed by atoms with van der Waals surface area (Å²) in [6.45, 7) is 8.05. The molecule has 1 aromatic rings. The van der Waals surface area contributed by atoms with E-state index in [1.807, 2.05) is 13.8 Å². The third-order valence-electron chi connectivity index (χ3n) is 6.11. The van der Waals surface area contributed by atoms with Crippen molar-refractivity contribution in [1.82, 2.24) is 4.90 Å². The quantitative estimate of drug-likeness (QED) is 0.372. The van der Waals surface area contributed by atoms with Gasteiger partial charge >= 0.3 is 5.97 Å². The lowest BCUT2D eigenvalue weighted by molar-refractivity contribution is -0.171. The van der Waals surface area contributed by atoms with Crippen molar-refractivity contribution in [1.29, 1.82) is 5.26 Å². The van der Waals surface area contributed by atoms with Crippen LogP contribution in [0.3, 0.4) is 0 Å². The van der Waals surface area contributed by atoms with E-state index < -0.39 is 23.7 Å². The zero-order valence-electron chi connectivity index (χ0n) is 20.1. The number of carbonyl (C=O) groups excluding carboxylic acids is 2. The second-order valence-corrected chi connectivity index (χ2v) is 9.24. The molecule has 0 saturated heterocycles. The van der Waals surface area contributed by atoms with Gasteiger partial charge in [0.15, 0.2) is 6.10 Å². The number of amides is 1. The number of benzene rings is 1. The largest absolute Gasteiger partial charge is 0.496 e. The number of nitriles is 1. The molecule has 0 unspecified atom stereocenters. The summed E-state index contributed by atoms with van der Waals surface area (Å²) >= 11 is 0. The van der Waals surface area contributed by atoms with E-state index in [2.05, 4.69) is 13.0 Å². The molecular weight excluding hydrogens is 420 g/mol. The lowest BCUT2D eigenvalue weighted by atomic mass is 9.84. The van der Waals surface area contributed by atoms with E-state index >= 15 is 0 Å². The lowest BCUT2D eigenvalue weighted by Gasteiger charge is -2.46. The van der Waals surface area contributed by atoms with Gasteiger partial charge in [0.2, 0.25) is 0 Å². The number of carbonyl (C=O) groups is 2. The summed E-state index contributed by atoms with van der Waals surface area (Å²) in [6.07, 6.45) is 7.74. The average Bonchev–Trinajstić information content (AvgIpc) is 3.12. The standard InChI is InChI=1S/C26H34N2O5/c1-5-6-7-8-9-10-13-31-20-15-23(30)28(17-20)24-21-14-19(16-27)11-12-22(21)33-26(3,4)25(24)32-18(2)29/h11-12,14-15,24-25H,5-10,13,17H2,1-4H3/t24-,25+/m0/s1. The van der Waals surface area contributed by atoms with Gasteiger partial charge in [-0.05, 0) is 38.5 Å². The van der Waals surface area contributed by atoms with Crippen LogP contribution in [0.1, 0.15) is 83.4 Å². The first-order valence-corrected chi connectivity index (χ1v) is 11.8. The first-order chi connectivity index (χ1) is 15.8. The van der Waals surface area contributed by atoms with Gasteiger partial charge in [-0.3, -0.25) is 9.59 Å². The van der Waals surface area contributed by atoms with Crippen LogP contribution in [0.15, 0.2) is 30.0 Å². The highest BCUT2D eigenvalue weighted by molar-refractivity contribution is 5.91. The van der Waals surface area contributed by atoms with Crippen LogP contribution < -0.4 is 4.74 Å². The van der Waals surface area contributed by atoms with E-state index in [0.29, 0.717) is 29.2 Å². The molecule has 3 rings (SSSR count). The van der Waals surface area contributed by atoms with Crippen LogP contribution in [0.5, 0.6) is 5.75 Å². The van der Waals surface area contributed by atoms with Crippen molar-refractivity contribution in [2.24, 2.45) is 0 Å². The first-order valence-electron chi connectivity index (χ1n) is 11.8. The molecular formula is C26H34N2O5. The van der Waals surface area contributed by atoms with Crippen molar-refractivity contribution in [3.8, 4) is 11.8 Å². The number of rotatable bonds is 10. The molecule has 0 aliphatic carbocycles. The number of nitrogens with zero attached hydrogens (tertiary/aromatic N) is 2. The third kappa shape index (κ3) is 5.87. The van der Waals surface area contributed by atoms with Gasteiger partial charge < -0.3 is 19.1 Å². The Morgan fingerprint density at radius 1 is 1.24 bits per heavy atom. The molecule has 1 amide bonds. The van der Waals surface area contributed by atoms with E-state index in [9.17, 15) is 14.9 Å². The Balaban J connectivity index is 1.77. The number of fused-ring (bicyclic) bond motifs is 1. The number of hydrogen-bond donors (Lipinski definition) is 0. The van der Waals surface area contributed by atoms with Gasteiger partial charge in [0, 0.05) is 18.6 Å². The van der Waals surface area contributed by atoms with Gasteiger partial charge in [-0.2, -0.15) is 5.26 Å². The molecule has 0 fully saturated rings. The van der Waals surface area contributed by atoms with Crippen LogP contribution in [-0.2, 0) is 19.1 Å². The first kappa shape index (κ1) is 24.6. The lowest BCUT2D eigenvalue weighted by Crippen LogP contribution is -2.55. The Hall–Kier alpha value is -3.01. The average molecular weight is 455 g/mol. The molecule has 0 radical (unpaired) electrons. The normalized spacial score (nSPS) is 21.0. The summed E-state index contributed by atoms with van der Waals surface area (Å²) in [4.78, 5) is 26.6. The molecule has 0 aromatic heterocycles. The van der Waals surface area contributed by atoms with Crippen LogP contribution in [0.2, 0.25) is 0 Å². The van der Waals surface area contributed by atoms with Gasteiger partial charge in [0.05, 0.1) is 24.8 Å². The van der Waals surface area contributed by atoms with Crippen molar-refractivity contribution in [3.63, 3.8) is 0 Å². The Bertz CT molecular complexity index is 946. The highest BCUT2D eigenvalue weighted by Gasteiger charge is 2.50. The second-order valence-electron chi connectivity index (χ2n) is 9.24. The number of ether oxygens (including phenoxy) is 3. The molecule has 0 N–H and O–H groups in total. The highest BCUT2D eigenvalue weighted by Crippen LogP contribution is 2.45. The minimum absolute atomic E-state index is 0.207. The zero-order chi connectivity index (χ0) is 24.0. The smallest absolute Gasteiger partial charge is 0.303 e. The molecule has 1 aromatic carbocycles. The summed E-state index contributed by atoms with van der Waals surface area (Å²) < 4.78 is 17.7. The van der Waals surface area contributed by atoms with Crippen molar-refractivity contribution in [2.75, 3.05) is 13.2 Å². The minimum Gasteiger partial charge on any atom is -0.496 e. The van der Waals surface area contributed by atoms with Crippen LogP contribution in [0, 0.1) is 11.3 Å². The fourth-order valence-electron chi connectivity index (χ4n) is 4.46. The summed E-state index contributed by atoms with van der Waals surface area (Å²) in [5.74, 6) is 0.515. The second kappa shape index (κ2) is 10.7. The molecule has 0 spiro atoms. The SMILES string of the molecule is CCCCCCCCOC1=CC(=O)N([C@H]2c3cc(C#N)ccc3OC(C)(C)[C@@H]2OC(C)=O)C1. The van der Waals surface area contributed by atoms with Crippen LogP contribution in [0.4, 0.5) is 0 Å². The summed E-state index contributed by atoms with van der Waals surface area (Å²) in [5.41, 5.74) is 0.223. The summed E-state index contributed by atoms with van der Waals surface area (Å²) in [5, 5.41) is 9.40. The topological polar surface area (TPSA) is 88.9 Å². The van der Waals surface area contributed by atoms with Crippen LogP contribution in [-0.4, -0.2) is 41.6 Å². The molecule has 2 aliphatic rings. The van der Waals surface area contributed by atoms with E-state index in [0.717, 1.165) is 12.8 Å². The fourth-order valence-corrected chi connectivity index (χ4v) is 4.46. The molecule has 7 nitrogen and oxygen atoms in total. The van der Waals surface area contributed by atoms with Gasteiger partial charge in [0.25, 0.3) is 5.91 Å². The number of unbranched alkanes of at least 4 members (excludes halogenated alkanes) is 5.